The van der Waals surface area contributed by atoms with E-state index in [2.05, 4.69) is 23.5 Å². The van der Waals surface area contributed by atoms with E-state index >= 15 is 0 Å². The lowest BCUT2D eigenvalue weighted by atomic mass is 9.89. The van der Waals surface area contributed by atoms with E-state index in [9.17, 15) is 4.79 Å². The number of aryl methyl sites for hydroxylation is 2. The van der Waals surface area contributed by atoms with Crippen LogP contribution in [0, 0.1) is 0 Å². The predicted molar refractivity (Wildman–Crippen MR) is 60.3 cm³/mol. The highest BCUT2D eigenvalue weighted by Gasteiger charge is 2.24. The van der Waals surface area contributed by atoms with Crippen LogP contribution < -0.4 is 5.32 Å². The van der Waals surface area contributed by atoms with E-state index in [-0.39, 0.29) is 12.2 Å². The summed E-state index contributed by atoms with van der Waals surface area (Å²) in [4.78, 5) is 11.0. The van der Waals surface area contributed by atoms with Crippen molar-refractivity contribution in [2.45, 2.75) is 31.8 Å². The molecule has 1 heterocycles. The van der Waals surface area contributed by atoms with Crippen molar-refractivity contribution in [2.75, 3.05) is 6.54 Å². The predicted octanol–water partition coefficient (Wildman–Crippen LogP) is 2.35. The molecule has 3 heteroatoms. The molecule has 1 aliphatic carbocycles. The summed E-state index contributed by atoms with van der Waals surface area (Å²) in [6.45, 7) is 0.595. The number of hydrogen-bond donors (Lipinski definition) is 1. The highest BCUT2D eigenvalue weighted by atomic mass is 16.6. The topological polar surface area (TPSA) is 38.3 Å². The van der Waals surface area contributed by atoms with Crippen LogP contribution in [-0.2, 0) is 17.6 Å². The summed E-state index contributed by atoms with van der Waals surface area (Å²) >= 11 is 0. The molecule has 1 fully saturated rings. The standard InChI is InChI=1S/C13H15NO2/c15-13-14-8-12(16-13)11-6-5-9-3-1-2-4-10(9)7-11/h5-7,12H,1-4,8H2,(H,14,15). The van der Waals surface area contributed by atoms with Crippen LogP contribution in [0.2, 0.25) is 0 Å². The monoisotopic (exact) mass is 217 g/mol. The number of fused-ring (bicyclic) bond motifs is 1. The Kier molecular flexibility index (Phi) is 2.31. The minimum atomic E-state index is -0.303. The fourth-order valence-electron chi connectivity index (χ4n) is 2.53. The van der Waals surface area contributed by atoms with Gasteiger partial charge in [0.1, 0.15) is 6.10 Å². The number of carbonyl (C=O) groups is 1. The molecule has 2 aliphatic rings. The van der Waals surface area contributed by atoms with Crippen LogP contribution in [-0.4, -0.2) is 12.6 Å². The molecule has 1 aromatic rings. The molecule has 1 aromatic carbocycles. The number of alkyl carbamates (subject to hydrolysis) is 1. The summed E-state index contributed by atoms with van der Waals surface area (Å²) in [5.41, 5.74) is 4.03. The molecule has 1 N–H and O–H groups in total. The minimum Gasteiger partial charge on any atom is -0.439 e. The van der Waals surface area contributed by atoms with Crippen LogP contribution >= 0.6 is 0 Å². The smallest absolute Gasteiger partial charge is 0.407 e. The van der Waals surface area contributed by atoms with Gasteiger partial charge in [0.05, 0.1) is 6.54 Å². The zero-order chi connectivity index (χ0) is 11.0. The molecular formula is C13H15NO2. The Morgan fingerprint density at radius 2 is 2.00 bits per heavy atom. The highest BCUT2D eigenvalue weighted by Crippen LogP contribution is 2.27. The fraction of sp³-hybridized carbons (Fsp3) is 0.462. The number of cyclic esters (lactones) is 1. The summed E-state index contributed by atoms with van der Waals surface area (Å²) < 4.78 is 5.19. The summed E-state index contributed by atoms with van der Waals surface area (Å²) in [6.07, 6.45) is 4.53. The second-order valence-electron chi connectivity index (χ2n) is 4.51. The van der Waals surface area contributed by atoms with Crippen molar-refractivity contribution in [1.29, 1.82) is 0 Å². The number of rotatable bonds is 1. The average Bonchev–Trinajstić information content (AvgIpc) is 2.75. The average molecular weight is 217 g/mol. The molecule has 0 bridgehead atoms. The van der Waals surface area contributed by atoms with Crippen molar-refractivity contribution < 1.29 is 9.53 Å². The van der Waals surface area contributed by atoms with Crippen molar-refractivity contribution in [3.8, 4) is 0 Å². The maximum Gasteiger partial charge on any atom is 0.407 e. The first-order chi connectivity index (χ1) is 7.83. The Morgan fingerprint density at radius 3 is 2.75 bits per heavy atom. The summed E-state index contributed by atoms with van der Waals surface area (Å²) in [7, 11) is 0. The largest absolute Gasteiger partial charge is 0.439 e. The third-order valence-electron chi connectivity index (χ3n) is 3.43. The Bertz CT molecular complexity index is 428. The fourth-order valence-corrected chi connectivity index (χ4v) is 2.53. The molecular weight excluding hydrogens is 202 g/mol. The molecule has 0 radical (unpaired) electrons. The molecule has 1 unspecified atom stereocenters. The molecule has 1 atom stereocenters. The first-order valence-corrected chi connectivity index (χ1v) is 5.89. The van der Waals surface area contributed by atoms with E-state index in [1.165, 1.54) is 30.4 Å². The number of amides is 1. The molecule has 3 rings (SSSR count). The Hall–Kier alpha value is -1.51. The van der Waals surface area contributed by atoms with Gasteiger partial charge in [-0.3, -0.25) is 0 Å². The second-order valence-corrected chi connectivity index (χ2v) is 4.51. The number of ether oxygens (including phenoxy) is 1. The first-order valence-electron chi connectivity index (χ1n) is 5.89. The van der Waals surface area contributed by atoms with Gasteiger partial charge in [-0.1, -0.05) is 18.2 Å². The van der Waals surface area contributed by atoms with Crippen molar-refractivity contribution in [3.05, 3.63) is 34.9 Å². The van der Waals surface area contributed by atoms with Crippen LogP contribution in [0.5, 0.6) is 0 Å². The molecule has 0 spiro atoms. The van der Waals surface area contributed by atoms with Crippen LogP contribution in [0.3, 0.4) is 0 Å². The van der Waals surface area contributed by atoms with Gasteiger partial charge in [-0.2, -0.15) is 0 Å². The van der Waals surface area contributed by atoms with E-state index < -0.39 is 0 Å². The maximum absolute atomic E-state index is 11.0. The molecule has 0 aromatic heterocycles. The molecule has 0 saturated carbocycles. The van der Waals surface area contributed by atoms with Crippen molar-refractivity contribution in [3.63, 3.8) is 0 Å². The van der Waals surface area contributed by atoms with Gasteiger partial charge in [-0.25, -0.2) is 4.79 Å². The Labute approximate surface area is 94.8 Å². The molecule has 1 saturated heterocycles. The van der Waals surface area contributed by atoms with Crippen LogP contribution in [0.25, 0.3) is 0 Å². The molecule has 16 heavy (non-hydrogen) atoms. The van der Waals surface area contributed by atoms with Gasteiger partial charge in [0.2, 0.25) is 0 Å². The highest BCUT2D eigenvalue weighted by molar-refractivity contribution is 5.69. The molecule has 1 aliphatic heterocycles. The molecule has 84 valence electrons. The van der Waals surface area contributed by atoms with Gasteiger partial charge in [0, 0.05) is 0 Å². The molecule has 3 nitrogen and oxygen atoms in total. The van der Waals surface area contributed by atoms with Gasteiger partial charge in [0.15, 0.2) is 0 Å². The van der Waals surface area contributed by atoms with E-state index in [1.54, 1.807) is 0 Å². The number of carbonyl (C=O) groups excluding carboxylic acids is 1. The van der Waals surface area contributed by atoms with E-state index in [0.717, 1.165) is 12.0 Å². The first kappa shape index (κ1) is 9.70. The van der Waals surface area contributed by atoms with Crippen LogP contribution in [0.4, 0.5) is 4.79 Å². The second kappa shape index (κ2) is 3.81. The van der Waals surface area contributed by atoms with Crippen LogP contribution in [0.1, 0.15) is 35.6 Å². The lowest BCUT2D eigenvalue weighted by Gasteiger charge is -2.18. The molecule has 1 amide bonds. The number of nitrogens with one attached hydrogen (secondary N) is 1. The van der Waals surface area contributed by atoms with Gasteiger partial charge in [-0.05, 0) is 42.4 Å². The van der Waals surface area contributed by atoms with Gasteiger partial charge in [0.25, 0.3) is 0 Å². The zero-order valence-electron chi connectivity index (χ0n) is 9.16. The Balaban J connectivity index is 1.88. The SMILES string of the molecule is O=C1NCC(c2ccc3c(c2)CCCC3)O1. The van der Waals surface area contributed by atoms with Crippen molar-refractivity contribution in [1.82, 2.24) is 5.32 Å². The van der Waals surface area contributed by atoms with Gasteiger partial charge >= 0.3 is 6.09 Å². The number of hydrogen-bond acceptors (Lipinski definition) is 2. The third kappa shape index (κ3) is 1.66. The number of benzene rings is 1. The summed E-state index contributed by atoms with van der Waals surface area (Å²) in [6, 6.07) is 6.49. The lowest BCUT2D eigenvalue weighted by molar-refractivity contribution is 0.141. The van der Waals surface area contributed by atoms with E-state index in [4.69, 9.17) is 4.74 Å². The minimum absolute atomic E-state index is 0.0975. The maximum atomic E-state index is 11.0. The van der Waals surface area contributed by atoms with E-state index in [1.807, 2.05) is 0 Å². The van der Waals surface area contributed by atoms with E-state index in [0.29, 0.717) is 6.54 Å². The third-order valence-corrected chi connectivity index (χ3v) is 3.43. The van der Waals surface area contributed by atoms with Crippen molar-refractivity contribution >= 4 is 6.09 Å². The lowest BCUT2D eigenvalue weighted by Crippen LogP contribution is -2.12. The van der Waals surface area contributed by atoms with Gasteiger partial charge in [-0.15, -0.1) is 0 Å². The summed E-state index contributed by atoms with van der Waals surface area (Å²) in [5, 5.41) is 2.69. The quantitative estimate of drug-likeness (QED) is 0.784. The van der Waals surface area contributed by atoms with Crippen molar-refractivity contribution in [2.24, 2.45) is 0 Å². The summed E-state index contributed by atoms with van der Waals surface area (Å²) in [5.74, 6) is 0. The van der Waals surface area contributed by atoms with Crippen LogP contribution in [0.15, 0.2) is 18.2 Å². The Morgan fingerprint density at radius 1 is 1.19 bits per heavy atom. The normalized spacial score (nSPS) is 23.5. The zero-order valence-corrected chi connectivity index (χ0v) is 9.16. The van der Waals surface area contributed by atoms with Gasteiger partial charge < -0.3 is 10.1 Å².